The molecule has 1 amide bonds. The average Bonchev–Trinajstić information content (AvgIpc) is 3.17. The number of ether oxygens (including phenoxy) is 4. The van der Waals surface area contributed by atoms with Crippen molar-refractivity contribution in [3.05, 3.63) is 44.8 Å². The molecule has 8 nitrogen and oxygen atoms in total. The van der Waals surface area contributed by atoms with E-state index in [9.17, 15) is 15.0 Å². The minimum Gasteiger partial charge on any atom is -0.506 e. The number of carbonyl (C=O) groups excluding carboxylic acids is 1. The number of aliphatic hydroxyl groups excluding tert-OH is 1. The van der Waals surface area contributed by atoms with E-state index in [1.165, 1.54) is 0 Å². The summed E-state index contributed by atoms with van der Waals surface area (Å²) in [7, 11) is 0. The van der Waals surface area contributed by atoms with Crippen molar-refractivity contribution in [3.8, 4) is 17.2 Å². The molecule has 0 saturated carbocycles. The lowest BCUT2D eigenvalue weighted by molar-refractivity contribution is -0.0491. The van der Waals surface area contributed by atoms with E-state index in [1.54, 1.807) is 37.3 Å². The summed E-state index contributed by atoms with van der Waals surface area (Å²) < 4.78 is 23.0. The molecule has 1 aliphatic heterocycles. The van der Waals surface area contributed by atoms with Crippen molar-refractivity contribution in [3.63, 3.8) is 0 Å². The maximum Gasteiger partial charge on any atom is 0.412 e. The van der Waals surface area contributed by atoms with E-state index in [1.807, 2.05) is 0 Å². The van der Waals surface area contributed by atoms with E-state index in [2.05, 4.69) is 37.2 Å². The van der Waals surface area contributed by atoms with Crippen molar-refractivity contribution in [2.24, 2.45) is 0 Å². The standard InChI is InChI=1S/C20H21Br2NO7/c1-2-27-16(5-6-24)19(13-7-11(21)8-14(22)18(13)25)30-20(26)23-12-3-4-15-17(9-12)29-10-28-15/h3-4,7-9,16,19,24-25H,2,5-6,10H2,1H3,(H,23,26)/t16-,19-/m1/s1. The van der Waals surface area contributed by atoms with Crippen LogP contribution in [0.5, 0.6) is 17.2 Å². The van der Waals surface area contributed by atoms with E-state index in [4.69, 9.17) is 18.9 Å². The number of rotatable bonds is 8. The SMILES string of the molecule is CCO[C@H](CCO)[C@H](OC(=O)Nc1ccc2c(c1)OCO2)c1cc(Br)cc(Br)c1O. The van der Waals surface area contributed by atoms with Crippen molar-refractivity contribution < 1.29 is 34.0 Å². The molecule has 0 aliphatic carbocycles. The van der Waals surface area contributed by atoms with Crippen molar-refractivity contribution in [1.29, 1.82) is 0 Å². The summed E-state index contributed by atoms with van der Waals surface area (Å²) in [6, 6.07) is 8.28. The van der Waals surface area contributed by atoms with E-state index in [0.29, 0.717) is 38.3 Å². The number of phenols is 1. The third-order valence-electron chi connectivity index (χ3n) is 4.35. The van der Waals surface area contributed by atoms with Crippen LogP contribution in [0.25, 0.3) is 0 Å². The number of fused-ring (bicyclic) bond motifs is 1. The zero-order valence-electron chi connectivity index (χ0n) is 16.1. The number of phenolic OH excluding ortho intramolecular Hbond substituents is 1. The second-order valence-corrected chi connectivity index (χ2v) is 8.12. The maximum atomic E-state index is 12.7. The third-order valence-corrected chi connectivity index (χ3v) is 5.41. The first-order valence-electron chi connectivity index (χ1n) is 9.20. The molecule has 30 heavy (non-hydrogen) atoms. The van der Waals surface area contributed by atoms with Crippen LogP contribution >= 0.6 is 31.9 Å². The zero-order valence-corrected chi connectivity index (χ0v) is 19.2. The lowest BCUT2D eigenvalue weighted by atomic mass is 10.0. The van der Waals surface area contributed by atoms with Gasteiger partial charge < -0.3 is 29.2 Å². The van der Waals surface area contributed by atoms with Gasteiger partial charge in [0.25, 0.3) is 0 Å². The molecule has 1 heterocycles. The number of nitrogens with one attached hydrogen (secondary N) is 1. The van der Waals surface area contributed by atoms with Gasteiger partial charge in [-0.25, -0.2) is 4.79 Å². The van der Waals surface area contributed by atoms with Crippen LogP contribution in [0.2, 0.25) is 0 Å². The second-order valence-electron chi connectivity index (χ2n) is 6.35. The van der Waals surface area contributed by atoms with Gasteiger partial charge in [-0.3, -0.25) is 5.32 Å². The summed E-state index contributed by atoms with van der Waals surface area (Å²) in [6.45, 7) is 2.08. The summed E-state index contributed by atoms with van der Waals surface area (Å²) in [5, 5.41) is 22.7. The molecule has 0 aromatic heterocycles. The molecular weight excluding hydrogens is 526 g/mol. The summed E-state index contributed by atoms with van der Waals surface area (Å²) in [4.78, 5) is 12.7. The van der Waals surface area contributed by atoms with Gasteiger partial charge >= 0.3 is 6.09 Å². The summed E-state index contributed by atoms with van der Waals surface area (Å²) in [5.74, 6) is 1.03. The van der Waals surface area contributed by atoms with Crippen LogP contribution < -0.4 is 14.8 Å². The Balaban J connectivity index is 1.85. The van der Waals surface area contributed by atoms with Gasteiger partial charge in [-0.05, 0) is 47.1 Å². The Kier molecular flexibility index (Phi) is 7.81. The molecule has 0 spiro atoms. The Morgan fingerprint density at radius 3 is 2.73 bits per heavy atom. The van der Waals surface area contributed by atoms with E-state index in [-0.39, 0.29) is 25.6 Å². The molecule has 2 aromatic rings. The van der Waals surface area contributed by atoms with Gasteiger partial charge in [0.15, 0.2) is 17.6 Å². The number of hydrogen-bond donors (Lipinski definition) is 3. The molecule has 3 N–H and O–H groups in total. The van der Waals surface area contributed by atoms with Crippen molar-refractivity contribution >= 4 is 43.6 Å². The summed E-state index contributed by atoms with van der Waals surface area (Å²) in [5.41, 5.74) is 0.793. The van der Waals surface area contributed by atoms with Gasteiger partial charge in [0.1, 0.15) is 11.9 Å². The predicted molar refractivity (Wildman–Crippen MR) is 116 cm³/mol. The Hall–Kier alpha value is -2.01. The first-order valence-corrected chi connectivity index (χ1v) is 10.8. The van der Waals surface area contributed by atoms with Crippen LogP contribution in [0.1, 0.15) is 25.0 Å². The Labute approximate surface area is 190 Å². The normalized spacial score (nSPS) is 14.3. The predicted octanol–water partition coefficient (Wildman–Crippen LogP) is 4.72. The van der Waals surface area contributed by atoms with Crippen LogP contribution in [0.15, 0.2) is 39.3 Å². The van der Waals surface area contributed by atoms with E-state index >= 15 is 0 Å². The highest BCUT2D eigenvalue weighted by Crippen LogP contribution is 2.40. The molecule has 0 unspecified atom stereocenters. The summed E-state index contributed by atoms with van der Waals surface area (Å²) >= 11 is 6.67. The van der Waals surface area contributed by atoms with Crippen molar-refractivity contribution in [2.75, 3.05) is 25.3 Å². The average molecular weight is 547 g/mol. The van der Waals surface area contributed by atoms with Crippen LogP contribution in [0, 0.1) is 0 Å². The molecular formula is C20H21Br2NO7. The minimum absolute atomic E-state index is 0.0817. The van der Waals surface area contributed by atoms with Gasteiger partial charge in [-0.1, -0.05) is 15.9 Å². The van der Waals surface area contributed by atoms with Crippen molar-refractivity contribution in [1.82, 2.24) is 0 Å². The molecule has 3 rings (SSSR count). The first-order chi connectivity index (χ1) is 14.4. The Bertz CT molecular complexity index is 903. The number of halogens is 2. The van der Waals surface area contributed by atoms with Crippen LogP contribution in [0.4, 0.5) is 10.5 Å². The number of benzene rings is 2. The smallest absolute Gasteiger partial charge is 0.412 e. The number of hydrogen-bond acceptors (Lipinski definition) is 7. The highest BCUT2D eigenvalue weighted by atomic mass is 79.9. The molecule has 0 radical (unpaired) electrons. The van der Waals surface area contributed by atoms with Gasteiger partial charge in [-0.15, -0.1) is 0 Å². The van der Waals surface area contributed by atoms with Gasteiger partial charge in [0, 0.05) is 41.4 Å². The highest BCUT2D eigenvalue weighted by Gasteiger charge is 2.31. The molecule has 162 valence electrons. The lowest BCUT2D eigenvalue weighted by Crippen LogP contribution is -2.30. The van der Waals surface area contributed by atoms with E-state index < -0.39 is 18.3 Å². The number of anilines is 1. The third kappa shape index (κ3) is 5.37. The molecule has 0 fully saturated rings. The quantitative estimate of drug-likeness (QED) is 0.439. The number of aromatic hydroxyl groups is 1. The second kappa shape index (κ2) is 10.3. The molecule has 1 aliphatic rings. The fourth-order valence-electron chi connectivity index (χ4n) is 3.04. The fraction of sp³-hybridized carbons (Fsp3) is 0.350. The number of aliphatic hydroxyl groups is 1. The molecule has 0 bridgehead atoms. The molecule has 2 aromatic carbocycles. The van der Waals surface area contributed by atoms with Crippen LogP contribution in [0.3, 0.4) is 0 Å². The van der Waals surface area contributed by atoms with Gasteiger partial charge in [-0.2, -0.15) is 0 Å². The van der Waals surface area contributed by atoms with Crippen molar-refractivity contribution in [2.45, 2.75) is 25.6 Å². The van der Waals surface area contributed by atoms with Gasteiger partial charge in [0.2, 0.25) is 6.79 Å². The number of amides is 1. The number of carbonyl (C=O) groups is 1. The molecule has 2 atom stereocenters. The Morgan fingerprint density at radius 2 is 2.00 bits per heavy atom. The Morgan fingerprint density at radius 1 is 1.23 bits per heavy atom. The lowest BCUT2D eigenvalue weighted by Gasteiger charge is -2.28. The first kappa shape index (κ1) is 22.7. The van der Waals surface area contributed by atoms with E-state index in [0.717, 1.165) is 0 Å². The maximum absolute atomic E-state index is 12.7. The summed E-state index contributed by atoms with van der Waals surface area (Å²) in [6.07, 6.45) is -2.19. The zero-order chi connectivity index (χ0) is 21.7. The molecule has 0 saturated heterocycles. The highest BCUT2D eigenvalue weighted by molar-refractivity contribution is 9.11. The minimum atomic E-state index is -0.972. The largest absolute Gasteiger partial charge is 0.506 e. The van der Waals surface area contributed by atoms with Gasteiger partial charge in [0.05, 0.1) is 4.47 Å². The monoisotopic (exact) mass is 545 g/mol. The molecule has 10 heteroatoms. The van der Waals surface area contributed by atoms with Crippen LogP contribution in [-0.4, -0.2) is 42.4 Å². The fourth-order valence-corrected chi connectivity index (χ4v) is 4.30. The van der Waals surface area contributed by atoms with Crippen LogP contribution in [-0.2, 0) is 9.47 Å². The topological polar surface area (TPSA) is 106 Å².